The van der Waals surface area contributed by atoms with Crippen LogP contribution in [0.1, 0.15) is 35.5 Å². The van der Waals surface area contributed by atoms with Crippen molar-refractivity contribution in [1.82, 2.24) is 10.3 Å². The molecule has 1 heterocycles. The van der Waals surface area contributed by atoms with E-state index in [1.54, 1.807) is 11.3 Å². The average Bonchev–Trinajstić information content (AvgIpc) is 3.08. The lowest BCUT2D eigenvalue weighted by Gasteiger charge is -2.18. The molecule has 5 nitrogen and oxygen atoms in total. The highest BCUT2D eigenvalue weighted by Crippen LogP contribution is 2.25. The van der Waals surface area contributed by atoms with Gasteiger partial charge in [-0.25, -0.2) is 4.98 Å². The summed E-state index contributed by atoms with van der Waals surface area (Å²) in [6, 6.07) is 15.1. The van der Waals surface area contributed by atoms with E-state index in [1.165, 1.54) is 6.92 Å². The predicted molar refractivity (Wildman–Crippen MR) is 113 cm³/mol. The number of nitrogens with zero attached hydrogens (tertiary/aromatic N) is 1. The zero-order chi connectivity index (χ0) is 20.1. The Labute approximate surface area is 168 Å². The molecule has 3 rings (SSSR count). The number of thiazole rings is 1. The molecule has 0 radical (unpaired) electrons. The van der Waals surface area contributed by atoms with Gasteiger partial charge in [0, 0.05) is 23.6 Å². The van der Waals surface area contributed by atoms with Crippen LogP contribution in [0.4, 0.5) is 5.69 Å². The molecule has 2 aromatic carbocycles. The monoisotopic (exact) mass is 393 g/mol. The number of amides is 2. The quantitative estimate of drug-likeness (QED) is 0.641. The molecule has 0 saturated carbocycles. The fraction of sp³-hybridized carbons (Fsp3) is 0.227. The number of carbonyl (C=O) groups excluding carboxylic acids is 2. The Morgan fingerprint density at radius 3 is 2.50 bits per heavy atom. The minimum atomic E-state index is -0.373. The van der Waals surface area contributed by atoms with Crippen LogP contribution in [0.2, 0.25) is 0 Å². The Morgan fingerprint density at radius 2 is 1.86 bits per heavy atom. The van der Waals surface area contributed by atoms with Crippen LogP contribution >= 0.6 is 11.3 Å². The van der Waals surface area contributed by atoms with Crippen LogP contribution < -0.4 is 10.6 Å². The number of hydrogen-bond donors (Lipinski definition) is 2. The third-order valence-electron chi connectivity index (χ3n) is 4.31. The van der Waals surface area contributed by atoms with Crippen LogP contribution in [0.15, 0.2) is 53.9 Å². The zero-order valence-corrected chi connectivity index (χ0v) is 17.0. The molecule has 28 heavy (non-hydrogen) atoms. The standard InChI is InChI=1S/C22H23N3O2S/c1-14-7-9-17(10-8-14)20(23-15(2)26)12-22(27)25-19-6-4-5-18(11-19)21-13-28-16(3)24-21/h4-11,13,20H,12H2,1-3H3,(H,23,26)(H,25,27). The number of rotatable bonds is 6. The van der Waals surface area contributed by atoms with E-state index in [2.05, 4.69) is 15.6 Å². The number of carbonyl (C=O) groups is 2. The van der Waals surface area contributed by atoms with Gasteiger partial charge in [-0.05, 0) is 31.5 Å². The first-order chi connectivity index (χ1) is 13.4. The fourth-order valence-electron chi connectivity index (χ4n) is 2.95. The van der Waals surface area contributed by atoms with E-state index >= 15 is 0 Å². The molecule has 0 aliphatic heterocycles. The van der Waals surface area contributed by atoms with Gasteiger partial charge < -0.3 is 10.6 Å². The van der Waals surface area contributed by atoms with Crippen molar-refractivity contribution in [2.24, 2.45) is 0 Å². The normalized spacial score (nSPS) is 11.7. The molecule has 6 heteroatoms. The molecular formula is C22H23N3O2S. The summed E-state index contributed by atoms with van der Waals surface area (Å²) in [6.45, 7) is 5.42. The van der Waals surface area contributed by atoms with Gasteiger partial charge in [0.15, 0.2) is 0 Å². The van der Waals surface area contributed by atoms with E-state index in [0.717, 1.165) is 27.4 Å². The van der Waals surface area contributed by atoms with E-state index in [4.69, 9.17) is 0 Å². The summed E-state index contributed by atoms with van der Waals surface area (Å²) >= 11 is 1.59. The van der Waals surface area contributed by atoms with Gasteiger partial charge >= 0.3 is 0 Å². The van der Waals surface area contributed by atoms with Crippen LogP contribution in [-0.2, 0) is 9.59 Å². The maximum atomic E-state index is 12.6. The molecule has 0 aliphatic carbocycles. The highest BCUT2D eigenvalue weighted by Gasteiger charge is 2.17. The first-order valence-electron chi connectivity index (χ1n) is 9.07. The molecule has 3 aromatic rings. The number of hydrogen-bond acceptors (Lipinski definition) is 4. The molecule has 0 aliphatic rings. The zero-order valence-electron chi connectivity index (χ0n) is 16.2. The number of nitrogens with one attached hydrogen (secondary N) is 2. The lowest BCUT2D eigenvalue weighted by atomic mass is 10.0. The Bertz CT molecular complexity index is 979. The Morgan fingerprint density at radius 1 is 1.11 bits per heavy atom. The Balaban J connectivity index is 1.72. The fourth-order valence-corrected chi connectivity index (χ4v) is 3.57. The highest BCUT2D eigenvalue weighted by atomic mass is 32.1. The Kier molecular flexibility index (Phi) is 6.21. The minimum Gasteiger partial charge on any atom is -0.349 e. The summed E-state index contributed by atoms with van der Waals surface area (Å²) in [4.78, 5) is 28.7. The summed E-state index contributed by atoms with van der Waals surface area (Å²) in [5.41, 5.74) is 4.60. The number of aromatic nitrogens is 1. The topological polar surface area (TPSA) is 71.1 Å². The molecule has 144 valence electrons. The van der Waals surface area contributed by atoms with Crippen LogP contribution in [0.5, 0.6) is 0 Å². The maximum Gasteiger partial charge on any atom is 0.226 e. The molecule has 2 amide bonds. The first kappa shape index (κ1) is 19.8. The highest BCUT2D eigenvalue weighted by molar-refractivity contribution is 7.09. The van der Waals surface area contributed by atoms with E-state index in [9.17, 15) is 9.59 Å². The average molecular weight is 394 g/mol. The van der Waals surface area contributed by atoms with Crippen molar-refractivity contribution in [3.63, 3.8) is 0 Å². The lowest BCUT2D eigenvalue weighted by Crippen LogP contribution is -2.29. The third kappa shape index (κ3) is 5.27. The van der Waals surface area contributed by atoms with Gasteiger partial charge in [0.25, 0.3) is 0 Å². The third-order valence-corrected chi connectivity index (χ3v) is 5.08. The van der Waals surface area contributed by atoms with Crippen LogP contribution in [0.3, 0.4) is 0 Å². The van der Waals surface area contributed by atoms with E-state index < -0.39 is 0 Å². The van der Waals surface area contributed by atoms with E-state index in [0.29, 0.717) is 5.69 Å². The Hall–Kier alpha value is -2.99. The molecule has 1 atom stereocenters. The van der Waals surface area contributed by atoms with Crippen molar-refractivity contribution in [1.29, 1.82) is 0 Å². The molecule has 0 spiro atoms. The summed E-state index contributed by atoms with van der Waals surface area (Å²) in [7, 11) is 0. The van der Waals surface area contributed by atoms with Gasteiger partial charge in [-0.1, -0.05) is 42.0 Å². The van der Waals surface area contributed by atoms with Gasteiger partial charge in [0.1, 0.15) is 0 Å². The van der Waals surface area contributed by atoms with Gasteiger partial charge in [-0.2, -0.15) is 0 Å². The SMILES string of the molecule is CC(=O)NC(CC(=O)Nc1cccc(-c2csc(C)n2)c1)c1ccc(C)cc1. The van der Waals surface area contributed by atoms with Crippen LogP contribution in [-0.4, -0.2) is 16.8 Å². The van der Waals surface area contributed by atoms with E-state index in [-0.39, 0.29) is 24.3 Å². The van der Waals surface area contributed by atoms with Crippen LogP contribution in [0, 0.1) is 13.8 Å². The van der Waals surface area contributed by atoms with Crippen molar-refractivity contribution in [2.75, 3.05) is 5.32 Å². The number of aryl methyl sites for hydroxylation is 2. The van der Waals surface area contributed by atoms with Crippen LogP contribution in [0.25, 0.3) is 11.3 Å². The van der Waals surface area contributed by atoms with Crippen molar-refractivity contribution >= 4 is 28.8 Å². The molecule has 1 unspecified atom stereocenters. The van der Waals surface area contributed by atoms with Crippen molar-refractivity contribution < 1.29 is 9.59 Å². The molecule has 0 bridgehead atoms. The lowest BCUT2D eigenvalue weighted by molar-refractivity contribution is -0.120. The molecule has 0 fully saturated rings. The minimum absolute atomic E-state index is 0.155. The van der Waals surface area contributed by atoms with Gasteiger partial charge in [-0.15, -0.1) is 11.3 Å². The summed E-state index contributed by atoms with van der Waals surface area (Å²) in [5.74, 6) is -0.329. The maximum absolute atomic E-state index is 12.6. The number of anilines is 1. The van der Waals surface area contributed by atoms with Gasteiger partial charge in [-0.3, -0.25) is 9.59 Å². The van der Waals surface area contributed by atoms with Crippen molar-refractivity contribution in [3.05, 3.63) is 70.0 Å². The second-order valence-corrected chi connectivity index (χ2v) is 7.81. The number of benzene rings is 2. The molecule has 2 N–H and O–H groups in total. The van der Waals surface area contributed by atoms with Gasteiger partial charge in [0.05, 0.1) is 23.2 Å². The summed E-state index contributed by atoms with van der Waals surface area (Å²) < 4.78 is 0. The summed E-state index contributed by atoms with van der Waals surface area (Å²) in [6.07, 6.45) is 0.155. The van der Waals surface area contributed by atoms with E-state index in [1.807, 2.05) is 67.8 Å². The smallest absolute Gasteiger partial charge is 0.226 e. The summed E-state index contributed by atoms with van der Waals surface area (Å²) in [5, 5.41) is 8.79. The van der Waals surface area contributed by atoms with Crippen molar-refractivity contribution in [2.45, 2.75) is 33.2 Å². The second kappa shape index (κ2) is 8.80. The van der Waals surface area contributed by atoms with Crippen molar-refractivity contribution in [3.8, 4) is 11.3 Å². The molecule has 0 saturated heterocycles. The molecule has 1 aromatic heterocycles. The molecular weight excluding hydrogens is 370 g/mol. The predicted octanol–water partition coefficient (Wildman–Crippen LogP) is 4.63. The largest absolute Gasteiger partial charge is 0.349 e. The second-order valence-electron chi connectivity index (χ2n) is 6.75. The van der Waals surface area contributed by atoms with Gasteiger partial charge in [0.2, 0.25) is 11.8 Å². The first-order valence-corrected chi connectivity index (χ1v) is 9.95.